The van der Waals surface area contributed by atoms with E-state index in [0.717, 1.165) is 12.1 Å². The summed E-state index contributed by atoms with van der Waals surface area (Å²) in [6, 6.07) is 3.47. The van der Waals surface area contributed by atoms with Crippen LogP contribution in [0.3, 0.4) is 0 Å². The largest absolute Gasteiger partial charge is 0.416 e. The molecule has 3 rings (SSSR count). The van der Waals surface area contributed by atoms with Crippen molar-refractivity contribution in [2.45, 2.75) is 19.0 Å². The fraction of sp³-hybridized carbons (Fsp3) is 0.267. The molecule has 0 bridgehead atoms. The van der Waals surface area contributed by atoms with Gasteiger partial charge in [0.2, 0.25) is 0 Å². The third kappa shape index (κ3) is 2.66. The highest BCUT2D eigenvalue weighted by Crippen LogP contribution is 2.35. The average Bonchev–Trinajstić information content (AvgIpc) is 2.53. The molecular formula is C15H12F3N3O. The van der Waals surface area contributed by atoms with Crippen LogP contribution in [0.15, 0.2) is 36.8 Å². The molecule has 2 heterocycles. The van der Waals surface area contributed by atoms with Crippen molar-refractivity contribution in [1.82, 2.24) is 9.97 Å². The molecule has 0 radical (unpaired) electrons. The van der Waals surface area contributed by atoms with E-state index in [-0.39, 0.29) is 11.6 Å². The molecule has 0 aliphatic carbocycles. The molecule has 0 fully saturated rings. The molecule has 1 aromatic heterocycles. The van der Waals surface area contributed by atoms with Crippen molar-refractivity contribution in [2.24, 2.45) is 0 Å². The van der Waals surface area contributed by atoms with Gasteiger partial charge in [0.1, 0.15) is 5.69 Å². The van der Waals surface area contributed by atoms with E-state index in [1.54, 1.807) is 0 Å². The summed E-state index contributed by atoms with van der Waals surface area (Å²) in [6.45, 7) is 0.452. The SMILES string of the molecule is O=C(c1cnccn1)N1CCCc2cc(C(F)(F)F)ccc21. The molecule has 1 amide bonds. The van der Waals surface area contributed by atoms with E-state index >= 15 is 0 Å². The van der Waals surface area contributed by atoms with E-state index < -0.39 is 11.7 Å². The lowest BCUT2D eigenvalue weighted by molar-refractivity contribution is -0.137. The number of halogens is 3. The normalized spacial score (nSPS) is 14.6. The van der Waals surface area contributed by atoms with Crippen LogP contribution >= 0.6 is 0 Å². The lowest BCUT2D eigenvalue weighted by atomic mass is 9.98. The van der Waals surface area contributed by atoms with Crippen molar-refractivity contribution < 1.29 is 18.0 Å². The molecule has 22 heavy (non-hydrogen) atoms. The fourth-order valence-corrected chi connectivity index (χ4v) is 2.53. The van der Waals surface area contributed by atoms with Crippen LogP contribution in [0.25, 0.3) is 0 Å². The highest BCUT2D eigenvalue weighted by atomic mass is 19.4. The minimum absolute atomic E-state index is 0.176. The minimum atomic E-state index is -4.38. The number of carbonyl (C=O) groups is 1. The number of amides is 1. The van der Waals surface area contributed by atoms with Crippen LogP contribution < -0.4 is 4.90 Å². The lowest BCUT2D eigenvalue weighted by Gasteiger charge is -2.29. The summed E-state index contributed by atoms with van der Waals surface area (Å²) >= 11 is 0. The summed E-state index contributed by atoms with van der Waals surface area (Å²) in [5.41, 5.74) is 0.517. The van der Waals surface area contributed by atoms with Crippen LogP contribution in [-0.2, 0) is 12.6 Å². The number of hydrogen-bond donors (Lipinski definition) is 0. The van der Waals surface area contributed by atoms with Gasteiger partial charge in [-0.25, -0.2) is 4.98 Å². The topological polar surface area (TPSA) is 46.1 Å². The first-order valence-corrected chi connectivity index (χ1v) is 6.75. The molecule has 7 heteroatoms. The molecule has 0 atom stereocenters. The number of anilines is 1. The average molecular weight is 307 g/mol. The Kier molecular flexibility index (Phi) is 3.56. The predicted molar refractivity (Wildman–Crippen MR) is 73.5 cm³/mol. The Hall–Kier alpha value is -2.44. The van der Waals surface area contributed by atoms with Crippen LogP contribution in [0.2, 0.25) is 0 Å². The summed E-state index contributed by atoms with van der Waals surface area (Å²) < 4.78 is 38.3. The molecule has 0 unspecified atom stereocenters. The summed E-state index contributed by atoms with van der Waals surface area (Å²) in [4.78, 5) is 21.7. The number of aromatic nitrogens is 2. The number of carbonyl (C=O) groups excluding carboxylic acids is 1. The molecule has 0 N–H and O–H groups in total. The van der Waals surface area contributed by atoms with Crippen LogP contribution in [0.1, 0.15) is 28.0 Å². The number of rotatable bonds is 1. The van der Waals surface area contributed by atoms with Crippen molar-refractivity contribution >= 4 is 11.6 Å². The zero-order chi connectivity index (χ0) is 15.7. The first-order chi connectivity index (χ1) is 10.5. The van der Waals surface area contributed by atoms with Crippen molar-refractivity contribution in [3.63, 3.8) is 0 Å². The number of alkyl halides is 3. The van der Waals surface area contributed by atoms with E-state index in [9.17, 15) is 18.0 Å². The molecule has 1 aliphatic rings. The Labute approximate surface area is 124 Å². The van der Waals surface area contributed by atoms with Gasteiger partial charge in [0.25, 0.3) is 5.91 Å². The van der Waals surface area contributed by atoms with Gasteiger partial charge in [-0.15, -0.1) is 0 Å². The maximum absolute atomic E-state index is 12.8. The molecule has 0 spiro atoms. The zero-order valence-electron chi connectivity index (χ0n) is 11.5. The molecular weight excluding hydrogens is 295 g/mol. The highest BCUT2D eigenvalue weighted by molar-refractivity contribution is 6.05. The molecule has 0 saturated carbocycles. The second-order valence-electron chi connectivity index (χ2n) is 4.99. The van der Waals surface area contributed by atoms with Gasteiger partial charge in [0.15, 0.2) is 0 Å². The van der Waals surface area contributed by atoms with Gasteiger partial charge in [-0.1, -0.05) is 0 Å². The highest BCUT2D eigenvalue weighted by Gasteiger charge is 2.33. The maximum atomic E-state index is 12.8. The number of aryl methyl sites for hydroxylation is 1. The Morgan fingerprint density at radius 2 is 2.05 bits per heavy atom. The Morgan fingerprint density at radius 3 is 2.73 bits per heavy atom. The number of fused-ring (bicyclic) bond motifs is 1. The van der Waals surface area contributed by atoms with Gasteiger partial charge >= 0.3 is 6.18 Å². The van der Waals surface area contributed by atoms with E-state index in [2.05, 4.69) is 9.97 Å². The summed E-state index contributed by atoms with van der Waals surface area (Å²) in [6.07, 6.45) is 0.956. The third-order valence-electron chi connectivity index (χ3n) is 3.55. The van der Waals surface area contributed by atoms with Crippen molar-refractivity contribution in [3.8, 4) is 0 Å². The van der Waals surface area contributed by atoms with Crippen LogP contribution in [0.4, 0.5) is 18.9 Å². The predicted octanol–water partition coefficient (Wildman–Crippen LogP) is 3.09. The van der Waals surface area contributed by atoms with E-state index in [4.69, 9.17) is 0 Å². The van der Waals surface area contributed by atoms with Crippen LogP contribution in [0.5, 0.6) is 0 Å². The molecule has 1 aliphatic heterocycles. The first-order valence-electron chi connectivity index (χ1n) is 6.75. The van der Waals surface area contributed by atoms with Gasteiger partial charge < -0.3 is 4.90 Å². The van der Waals surface area contributed by atoms with E-state index in [1.807, 2.05) is 0 Å². The lowest BCUT2D eigenvalue weighted by Crippen LogP contribution is -2.36. The van der Waals surface area contributed by atoms with Crippen molar-refractivity contribution in [3.05, 3.63) is 53.6 Å². The van der Waals surface area contributed by atoms with Gasteiger partial charge in [0, 0.05) is 24.6 Å². The Balaban J connectivity index is 1.97. The van der Waals surface area contributed by atoms with Gasteiger partial charge in [-0.05, 0) is 36.6 Å². The Morgan fingerprint density at radius 1 is 1.23 bits per heavy atom. The molecule has 4 nitrogen and oxygen atoms in total. The first kappa shape index (κ1) is 14.5. The second kappa shape index (κ2) is 5.40. The standard InChI is InChI=1S/C15H12F3N3O/c16-15(17,18)11-3-4-13-10(8-11)2-1-7-21(13)14(22)12-9-19-5-6-20-12/h3-6,8-9H,1-2,7H2. The van der Waals surface area contributed by atoms with Gasteiger partial charge in [0.05, 0.1) is 11.8 Å². The monoisotopic (exact) mass is 307 g/mol. The molecule has 0 saturated heterocycles. The maximum Gasteiger partial charge on any atom is 0.416 e. The van der Waals surface area contributed by atoms with E-state index in [0.29, 0.717) is 30.6 Å². The van der Waals surface area contributed by atoms with Gasteiger partial charge in [-0.3, -0.25) is 9.78 Å². The molecule has 1 aromatic carbocycles. The smallest absolute Gasteiger partial charge is 0.307 e. The second-order valence-corrected chi connectivity index (χ2v) is 4.99. The fourth-order valence-electron chi connectivity index (χ4n) is 2.53. The van der Waals surface area contributed by atoms with Crippen LogP contribution in [-0.4, -0.2) is 22.4 Å². The number of hydrogen-bond acceptors (Lipinski definition) is 3. The van der Waals surface area contributed by atoms with Crippen molar-refractivity contribution in [1.29, 1.82) is 0 Å². The number of nitrogens with zero attached hydrogens (tertiary/aromatic N) is 3. The summed E-state index contributed by atoms with van der Waals surface area (Å²) in [5.74, 6) is -0.353. The third-order valence-corrected chi connectivity index (χ3v) is 3.55. The van der Waals surface area contributed by atoms with Gasteiger partial charge in [-0.2, -0.15) is 13.2 Å². The zero-order valence-corrected chi connectivity index (χ0v) is 11.5. The van der Waals surface area contributed by atoms with E-state index in [1.165, 1.54) is 29.6 Å². The van der Waals surface area contributed by atoms with Crippen molar-refractivity contribution in [2.75, 3.05) is 11.4 Å². The summed E-state index contributed by atoms with van der Waals surface area (Å²) in [7, 11) is 0. The van der Waals surface area contributed by atoms with Crippen LogP contribution in [0, 0.1) is 0 Å². The Bertz CT molecular complexity index is 701. The molecule has 114 valence electrons. The minimum Gasteiger partial charge on any atom is -0.307 e. The molecule has 2 aromatic rings. The number of benzene rings is 1. The quantitative estimate of drug-likeness (QED) is 0.813. The summed E-state index contributed by atoms with van der Waals surface area (Å²) in [5, 5.41) is 0.